The van der Waals surface area contributed by atoms with E-state index in [0.717, 1.165) is 11.1 Å². The van der Waals surface area contributed by atoms with Crippen LogP contribution in [0, 0.1) is 5.92 Å². The van der Waals surface area contributed by atoms with Crippen molar-refractivity contribution in [3.8, 4) is 0 Å². The summed E-state index contributed by atoms with van der Waals surface area (Å²) >= 11 is 0. The van der Waals surface area contributed by atoms with E-state index in [1.54, 1.807) is 0 Å². The average molecular weight is 222 g/mol. The molecule has 0 fully saturated rings. The van der Waals surface area contributed by atoms with Crippen LogP contribution in [0.25, 0.3) is 0 Å². The molecule has 0 bridgehead atoms. The van der Waals surface area contributed by atoms with Crippen molar-refractivity contribution in [2.75, 3.05) is 0 Å². The summed E-state index contributed by atoms with van der Waals surface area (Å²) in [4.78, 5) is 10.4. The van der Waals surface area contributed by atoms with Gasteiger partial charge >= 0.3 is 5.97 Å². The Hall–Kier alpha value is -1.35. The fourth-order valence-corrected chi connectivity index (χ4v) is 1.52. The summed E-state index contributed by atoms with van der Waals surface area (Å²) in [7, 11) is 0. The molecule has 1 unspecified atom stereocenters. The number of rotatable bonds is 5. The molecule has 3 nitrogen and oxygen atoms in total. The number of carboxylic acid groups (broad SMARTS) is 1. The summed E-state index contributed by atoms with van der Waals surface area (Å²) in [5, 5.41) is 18.4. The second kappa shape index (κ2) is 5.66. The zero-order valence-electron chi connectivity index (χ0n) is 9.68. The molecule has 1 rings (SSSR count). The first-order valence-corrected chi connectivity index (χ1v) is 5.49. The van der Waals surface area contributed by atoms with Crippen LogP contribution in [0.1, 0.15) is 37.5 Å². The Morgan fingerprint density at radius 1 is 1.25 bits per heavy atom. The van der Waals surface area contributed by atoms with Crippen LogP contribution >= 0.6 is 0 Å². The fraction of sp³-hybridized carbons (Fsp3) is 0.462. The minimum absolute atomic E-state index is 0.145. The average Bonchev–Trinajstić information content (AvgIpc) is 2.26. The third kappa shape index (κ3) is 3.66. The highest BCUT2D eigenvalue weighted by atomic mass is 16.4. The molecule has 88 valence electrons. The van der Waals surface area contributed by atoms with Gasteiger partial charge in [0.2, 0.25) is 0 Å². The summed E-state index contributed by atoms with van der Waals surface area (Å²) in [5.74, 6) is -0.601. The Kier molecular flexibility index (Phi) is 4.50. The maximum absolute atomic E-state index is 10.4. The molecule has 3 heteroatoms. The van der Waals surface area contributed by atoms with Crippen molar-refractivity contribution in [1.29, 1.82) is 0 Å². The summed E-state index contributed by atoms with van der Waals surface area (Å²) in [5.41, 5.74) is 1.87. The number of carbonyl (C=O) groups is 1. The van der Waals surface area contributed by atoms with Crippen molar-refractivity contribution in [3.05, 3.63) is 35.4 Å². The van der Waals surface area contributed by atoms with E-state index in [-0.39, 0.29) is 12.3 Å². The highest BCUT2D eigenvalue weighted by Crippen LogP contribution is 2.21. The first-order chi connectivity index (χ1) is 7.50. The molecule has 0 radical (unpaired) electrons. The van der Waals surface area contributed by atoms with Gasteiger partial charge in [-0.05, 0) is 23.5 Å². The molecule has 0 saturated heterocycles. The van der Waals surface area contributed by atoms with Crippen molar-refractivity contribution in [2.45, 2.75) is 32.8 Å². The van der Waals surface area contributed by atoms with Crippen LogP contribution in [0.3, 0.4) is 0 Å². The monoisotopic (exact) mass is 222 g/mol. The summed E-state index contributed by atoms with van der Waals surface area (Å²) in [6, 6.07) is 7.48. The minimum atomic E-state index is -0.786. The molecule has 16 heavy (non-hydrogen) atoms. The molecular weight excluding hydrogens is 204 g/mol. The number of benzene rings is 1. The van der Waals surface area contributed by atoms with E-state index >= 15 is 0 Å². The second-order valence-corrected chi connectivity index (χ2v) is 4.32. The molecule has 0 aliphatic carbocycles. The highest BCUT2D eigenvalue weighted by molar-refractivity contribution is 5.67. The Labute approximate surface area is 95.7 Å². The number of aliphatic carboxylic acids is 1. The Balaban J connectivity index is 2.64. The van der Waals surface area contributed by atoms with Crippen molar-refractivity contribution in [1.82, 2.24) is 0 Å². The fourth-order valence-electron chi connectivity index (χ4n) is 1.52. The molecule has 0 aliphatic rings. The van der Waals surface area contributed by atoms with Crippen LogP contribution in [0.5, 0.6) is 0 Å². The Morgan fingerprint density at radius 2 is 1.81 bits per heavy atom. The lowest BCUT2D eigenvalue weighted by Gasteiger charge is -2.14. The molecule has 0 aromatic heterocycles. The van der Waals surface area contributed by atoms with Gasteiger partial charge < -0.3 is 10.2 Å². The number of hydrogen-bond acceptors (Lipinski definition) is 2. The van der Waals surface area contributed by atoms with Gasteiger partial charge in [0.15, 0.2) is 0 Å². The minimum Gasteiger partial charge on any atom is -0.481 e. The number of hydrogen-bond donors (Lipinski definition) is 2. The van der Waals surface area contributed by atoms with Crippen LogP contribution < -0.4 is 0 Å². The number of carboxylic acids is 1. The largest absolute Gasteiger partial charge is 0.481 e. The maximum atomic E-state index is 10.4. The predicted octanol–water partition coefficient (Wildman–Crippen LogP) is 2.39. The molecule has 0 saturated carbocycles. The van der Waals surface area contributed by atoms with E-state index in [4.69, 9.17) is 5.11 Å². The molecule has 0 heterocycles. The van der Waals surface area contributed by atoms with Gasteiger partial charge in [-0.25, -0.2) is 0 Å². The van der Waals surface area contributed by atoms with Gasteiger partial charge in [-0.15, -0.1) is 0 Å². The molecule has 1 aromatic rings. The lowest BCUT2D eigenvalue weighted by atomic mass is 9.97. The lowest BCUT2D eigenvalue weighted by Crippen LogP contribution is -2.05. The highest BCUT2D eigenvalue weighted by Gasteiger charge is 2.11. The topological polar surface area (TPSA) is 57.5 Å². The molecule has 0 amide bonds. The van der Waals surface area contributed by atoms with Crippen LogP contribution in [0.2, 0.25) is 0 Å². The third-order valence-corrected chi connectivity index (χ3v) is 2.58. The van der Waals surface area contributed by atoms with E-state index in [9.17, 15) is 9.90 Å². The van der Waals surface area contributed by atoms with Crippen LogP contribution in [0.4, 0.5) is 0 Å². The van der Waals surface area contributed by atoms with E-state index in [2.05, 4.69) is 0 Å². The van der Waals surface area contributed by atoms with Crippen LogP contribution in [0.15, 0.2) is 24.3 Å². The van der Waals surface area contributed by atoms with Crippen molar-refractivity contribution in [2.24, 2.45) is 5.92 Å². The Morgan fingerprint density at radius 3 is 2.25 bits per heavy atom. The van der Waals surface area contributed by atoms with E-state index in [1.807, 2.05) is 38.1 Å². The van der Waals surface area contributed by atoms with Gasteiger partial charge in [-0.1, -0.05) is 38.1 Å². The zero-order valence-corrected chi connectivity index (χ0v) is 9.68. The molecule has 1 aromatic carbocycles. The van der Waals surface area contributed by atoms with Gasteiger partial charge in [0.05, 0.1) is 6.10 Å². The second-order valence-electron chi connectivity index (χ2n) is 4.32. The first-order valence-electron chi connectivity index (χ1n) is 5.49. The predicted molar refractivity (Wildman–Crippen MR) is 62.2 cm³/mol. The molecule has 0 spiro atoms. The molecule has 1 atom stereocenters. The molecule has 0 aliphatic heterocycles. The zero-order chi connectivity index (χ0) is 12.1. The van der Waals surface area contributed by atoms with Crippen molar-refractivity contribution >= 4 is 5.97 Å². The van der Waals surface area contributed by atoms with E-state index in [1.165, 1.54) is 0 Å². The van der Waals surface area contributed by atoms with Crippen LogP contribution in [-0.4, -0.2) is 16.2 Å². The third-order valence-electron chi connectivity index (χ3n) is 2.58. The summed E-state index contributed by atoms with van der Waals surface area (Å²) in [6.07, 6.45) is 0.230. The van der Waals surface area contributed by atoms with Gasteiger partial charge in [0, 0.05) is 6.42 Å². The van der Waals surface area contributed by atoms with E-state index in [0.29, 0.717) is 6.42 Å². The summed E-state index contributed by atoms with van der Waals surface area (Å²) < 4.78 is 0. The van der Waals surface area contributed by atoms with Gasteiger partial charge in [0.1, 0.15) is 0 Å². The van der Waals surface area contributed by atoms with Crippen molar-refractivity contribution < 1.29 is 15.0 Å². The smallest absolute Gasteiger partial charge is 0.303 e. The normalized spacial score (nSPS) is 12.8. The number of aliphatic hydroxyl groups excluding tert-OH is 1. The molecular formula is C13H18O3. The lowest BCUT2D eigenvalue weighted by molar-refractivity contribution is -0.136. The Bertz CT molecular complexity index is 341. The quantitative estimate of drug-likeness (QED) is 0.804. The standard InChI is InChI=1S/C13H18O3/c1-9(2)13(16)11-6-3-10(4-7-11)5-8-12(14)15/h3-4,6-7,9,13,16H,5,8H2,1-2H3,(H,14,15). The van der Waals surface area contributed by atoms with Crippen molar-refractivity contribution in [3.63, 3.8) is 0 Å². The van der Waals surface area contributed by atoms with Gasteiger partial charge in [0.25, 0.3) is 0 Å². The number of aryl methyl sites for hydroxylation is 1. The van der Waals surface area contributed by atoms with Crippen LogP contribution in [-0.2, 0) is 11.2 Å². The summed E-state index contributed by atoms with van der Waals surface area (Å²) in [6.45, 7) is 3.92. The molecule has 2 N–H and O–H groups in total. The first kappa shape index (κ1) is 12.7. The maximum Gasteiger partial charge on any atom is 0.303 e. The number of aliphatic hydroxyl groups is 1. The SMILES string of the molecule is CC(C)C(O)c1ccc(CCC(=O)O)cc1. The van der Waals surface area contributed by atoms with E-state index < -0.39 is 12.1 Å². The van der Waals surface area contributed by atoms with Gasteiger partial charge in [-0.3, -0.25) is 4.79 Å². The van der Waals surface area contributed by atoms with Gasteiger partial charge in [-0.2, -0.15) is 0 Å².